The van der Waals surface area contributed by atoms with E-state index < -0.39 is 52.3 Å². The normalized spacial score (nSPS) is 18.9. The van der Waals surface area contributed by atoms with Gasteiger partial charge in [-0.3, -0.25) is 14.5 Å². The second kappa shape index (κ2) is 12.7. The number of oxime groups is 1. The minimum absolute atomic E-state index is 0.00146. The van der Waals surface area contributed by atoms with Gasteiger partial charge in [0.05, 0.1) is 6.20 Å². The molecule has 1 fully saturated rings. The van der Waals surface area contributed by atoms with Gasteiger partial charge in [0.15, 0.2) is 22.8 Å². The summed E-state index contributed by atoms with van der Waals surface area (Å²) in [4.78, 5) is 61.2. The molecule has 3 unspecified atom stereocenters. The van der Waals surface area contributed by atoms with Gasteiger partial charge in [0.1, 0.15) is 41.8 Å². The molecule has 1 saturated heterocycles. The largest absolute Gasteiger partial charge is 0.504 e. The maximum atomic E-state index is 13.1. The van der Waals surface area contributed by atoms with Crippen molar-refractivity contribution in [3.05, 3.63) is 89.0 Å². The summed E-state index contributed by atoms with van der Waals surface area (Å²) in [6.45, 7) is 0.424. The number of benzene rings is 1. The lowest BCUT2D eigenvalue weighted by Gasteiger charge is -2.49. The fourth-order valence-electron chi connectivity index (χ4n) is 5.23. The van der Waals surface area contributed by atoms with Crippen LogP contribution in [0.2, 0.25) is 0 Å². The summed E-state index contributed by atoms with van der Waals surface area (Å²) in [5.41, 5.74) is 3.85. The zero-order valence-electron chi connectivity index (χ0n) is 24.4. The van der Waals surface area contributed by atoms with Crippen LogP contribution < -0.4 is 15.6 Å². The molecule has 2 amide bonds. The highest BCUT2D eigenvalue weighted by molar-refractivity contribution is 8.00. The van der Waals surface area contributed by atoms with E-state index in [0.29, 0.717) is 18.3 Å². The van der Waals surface area contributed by atoms with Crippen LogP contribution >= 0.6 is 23.1 Å². The van der Waals surface area contributed by atoms with E-state index in [0.717, 1.165) is 40.1 Å². The number of phenolic OH excluding ortho intramolecular Hbond substituents is 2. The van der Waals surface area contributed by atoms with Gasteiger partial charge in [0.2, 0.25) is 0 Å². The number of carboxylic acid groups (broad SMARTS) is 2. The van der Waals surface area contributed by atoms with Crippen molar-refractivity contribution in [1.82, 2.24) is 24.8 Å². The van der Waals surface area contributed by atoms with Crippen molar-refractivity contribution in [3.8, 4) is 11.5 Å². The standard InChI is InChI=1S/C29H24N8O9S2/c30-28-33-19(14-48-28)29(27(44)45,16-5-6-17(38)18(39)11-16)46-32-12-20(40)34-22-24(41)37-23(26(42)43)15(13-47-25(22)37)3-2-8-35-9-10-36-21(35)4-1-7-31-36/h1-7,9-12,14,22,25,31H,8,13H2,(H5,30,33,34,40,42,43,44,45)/p+1. The number of carboxylic acids is 2. The van der Waals surface area contributed by atoms with Crippen molar-refractivity contribution in [2.24, 2.45) is 5.16 Å². The number of rotatable bonds is 11. The number of nitrogens with zero attached hydrogens (tertiary/aromatic N) is 6. The van der Waals surface area contributed by atoms with Crippen molar-refractivity contribution < 1.29 is 49.0 Å². The Labute approximate surface area is 277 Å². The fraction of sp³-hybridized carbons (Fsp3) is 0.172. The van der Waals surface area contributed by atoms with E-state index in [9.17, 15) is 39.6 Å². The highest BCUT2D eigenvalue weighted by atomic mass is 32.2. The summed E-state index contributed by atoms with van der Waals surface area (Å²) >= 11 is 2.17. The number of carbonyl (C=O) groups excluding carboxylic acids is 2. The average molecular weight is 694 g/mol. The number of allylic oxidation sites excluding steroid dienone is 2. The minimum Gasteiger partial charge on any atom is -0.504 e. The molecule has 0 radical (unpaired) electrons. The molecule has 7 N–H and O–H groups in total. The number of fused-ring (bicyclic) bond motifs is 2. The van der Waals surface area contributed by atoms with Gasteiger partial charge in [-0.2, -0.15) is 0 Å². The summed E-state index contributed by atoms with van der Waals surface area (Å²) < 4.78 is 3.61. The first kappa shape index (κ1) is 32.0. The predicted octanol–water partition coefficient (Wildman–Crippen LogP) is 0.397. The molecule has 5 heterocycles. The Kier molecular flexibility index (Phi) is 8.46. The third-order valence-electron chi connectivity index (χ3n) is 7.48. The van der Waals surface area contributed by atoms with Crippen LogP contribution in [0.3, 0.4) is 0 Å². The van der Waals surface area contributed by atoms with Crippen molar-refractivity contribution in [1.29, 1.82) is 0 Å². The van der Waals surface area contributed by atoms with Gasteiger partial charge >= 0.3 is 23.2 Å². The summed E-state index contributed by atoms with van der Waals surface area (Å²) in [6.07, 6.45) is 9.32. The number of amides is 2. The smallest absolute Gasteiger partial charge is 0.362 e. The van der Waals surface area contributed by atoms with Crippen LogP contribution in [0.25, 0.3) is 5.65 Å². The first-order valence-electron chi connectivity index (χ1n) is 13.9. The molecule has 3 atom stereocenters. The molecule has 0 bridgehead atoms. The number of imidazole rings is 1. The Morgan fingerprint density at radius 3 is 2.75 bits per heavy atom. The first-order valence-corrected chi connectivity index (χ1v) is 15.8. The lowest BCUT2D eigenvalue weighted by Crippen LogP contribution is -2.70. The van der Waals surface area contributed by atoms with Crippen molar-refractivity contribution in [2.75, 3.05) is 11.5 Å². The number of hydrogen-bond donors (Lipinski definition) is 6. The third kappa shape index (κ3) is 5.64. The summed E-state index contributed by atoms with van der Waals surface area (Å²) in [5.74, 6) is -5.45. The Morgan fingerprint density at radius 2 is 2.04 bits per heavy atom. The number of aliphatic carboxylic acids is 2. The van der Waals surface area contributed by atoms with E-state index in [1.165, 1.54) is 17.1 Å². The Bertz CT molecular complexity index is 2060. The molecule has 0 aliphatic carbocycles. The molecule has 2 aliphatic rings. The molecule has 3 aromatic heterocycles. The Balaban J connectivity index is 1.16. The number of β-lactam (4-membered cyclic amide) rings is 1. The third-order valence-corrected chi connectivity index (χ3v) is 9.46. The molecule has 1 aromatic carbocycles. The molecule has 17 nitrogen and oxygen atoms in total. The predicted molar refractivity (Wildman–Crippen MR) is 169 cm³/mol. The second-order valence-corrected chi connectivity index (χ2v) is 12.3. The lowest BCUT2D eigenvalue weighted by molar-refractivity contribution is -0.660. The van der Waals surface area contributed by atoms with E-state index in [1.54, 1.807) is 35.1 Å². The van der Waals surface area contributed by atoms with Crippen LogP contribution in [0.1, 0.15) is 11.3 Å². The number of nitrogens with one attached hydrogen (secondary N) is 1. The first-order chi connectivity index (χ1) is 23.0. The van der Waals surface area contributed by atoms with E-state index in [2.05, 4.69) is 20.6 Å². The zero-order valence-corrected chi connectivity index (χ0v) is 26.0. The van der Waals surface area contributed by atoms with Gasteiger partial charge in [-0.05, 0) is 35.9 Å². The number of thiazole rings is 1. The topological polar surface area (TPSA) is 246 Å². The van der Waals surface area contributed by atoms with Crippen LogP contribution in [0.4, 0.5) is 5.13 Å². The SMILES string of the molecule is Nc1nc(C(ON=CC(=O)NC2C(=O)N3C(C(=O)O)=C(C=CC[n+]4ccn5ncccc54)CSC23)(C(=O)O)c2ccc(O)c(O)c2)cs1. The molecule has 2 aliphatic heterocycles. The fourth-order valence-corrected chi connectivity index (χ4v) is 7.15. The second-order valence-electron chi connectivity index (χ2n) is 10.3. The Hall–Kier alpha value is -5.95. The van der Waals surface area contributed by atoms with E-state index in [1.807, 2.05) is 16.8 Å². The minimum atomic E-state index is -2.49. The molecule has 246 valence electrons. The van der Waals surface area contributed by atoms with E-state index >= 15 is 0 Å². The number of anilines is 1. The highest BCUT2D eigenvalue weighted by Crippen LogP contribution is 2.41. The van der Waals surface area contributed by atoms with Crippen LogP contribution in [-0.2, 0) is 36.2 Å². The molecular weight excluding hydrogens is 669 g/mol. The van der Waals surface area contributed by atoms with Crippen LogP contribution in [0.5, 0.6) is 11.5 Å². The van der Waals surface area contributed by atoms with Crippen LogP contribution in [-0.4, -0.2) is 87.1 Å². The number of thioether (sulfide) groups is 1. The zero-order chi connectivity index (χ0) is 34.2. The van der Waals surface area contributed by atoms with Gasteiger partial charge in [0, 0.05) is 22.8 Å². The number of phenols is 2. The summed E-state index contributed by atoms with van der Waals surface area (Å²) in [7, 11) is 0. The highest BCUT2D eigenvalue weighted by Gasteiger charge is 2.54. The molecule has 6 rings (SSSR count). The van der Waals surface area contributed by atoms with Crippen molar-refractivity contribution >= 4 is 63.8 Å². The van der Waals surface area contributed by atoms with Gasteiger partial charge in [0.25, 0.3) is 11.8 Å². The van der Waals surface area contributed by atoms with E-state index in [4.69, 9.17) is 10.6 Å². The van der Waals surface area contributed by atoms with Gasteiger partial charge in [-0.1, -0.05) is 16.3 Å². The monoisotopic (exact) mass is 693 g/mol. The van der Waals surface area contributed by atoms with Gasteiger partial charge in [-0.25, -0.2) is 19.1 Å². The molecule has 48 heavy (non-hydrogen) atoms. The van der Waals surface area contributed by atoms with Gasteiger partial charge < -0.3 is 36.3 Å². The summed E-state index contributed by atoms with van der Waals surface area (Å²) in [6, 6.07) is 5.72. The number of nitrogens with two attached hydrogens (primary N) is 1. The molecule has 4 aromatic rings. The maximum absolute atomic E-state index is 13.1. The molecular formula is C29H25N8O9S2+. The van der Waals surface area contributed by atoms with Crippen LogP contribution in [0, 0.1) is 0 Å². The molecule has 0 saturated carbocycles. The van der Waals surface area contributed by atoms with Crippen molar-refractivity contribution in [3.63, 3.8) is 0 Å². The van der Waals surface area contributed by atoms with Crippen LogP contribution in [0.15, 0.2) is 82.9 Å². The average Bonchev–Trinajstić information content (AvgIpc) is 3.69. The van der Waals surface area contributed by atoms with Gasteiger partial charge in [-0.15, -0.1) is 27.6 Å². The van der Waals surface area contributed by atoms with E-state index in [-0.39, 0.29) is 27.8 Å². The number of aromatic hydroxyl groups is 2. The maximum Gasteiger partial charge on any atom is 0.362 e. The summed E-state index contributed by atoms with van der Waals surface area (Å²) in [5, 5.41) is 50.7. The number of carbonyl (C=O) groups is 4. The molecule has 0 spiro atoms. The number of hydrogen-bond acceptors (Lipinski definition) is 13. The number of nitrogen functional groups attached to an aromatic ring is 1. The van der Waals surface area contributed by atoms with Crippen molar-refractivity contribution in [2.45, 2.75) is 23.6 Å². The lowest BCUT2D eigenvalue weighted by atomic mass is 9.90. The molecule has 19 heteroatoms. The Morgan fingerprint density at radius 1 is 1.23 bits per heavy atom. The quantitative estimate of drug-likeness (QED) is 0.0410. The number of aromatic nitrogens is 4.